The van der Waals surface area contributed by atoms with Gasteiger partial charge in [0.15, 0.2) is 0 Å². The number of thiophene rings is 1. The van der Waals surface area contributed by atoms with Crippen molar-refractivity contribution in [3.05, 3.63) is 46.8 Å². The van der Waals surface area contributed by atoms with Crippen molar-refractivity contribution in [1.82, 2.24) is 5.32 Å². The molecule has 0 spiro atoms. The maximum Gasteiger partial charge on any atom is 0.416 e. The quantitative estimate of drug-likeness (QED) is 0.872. The SMILES string of the molecule is C[C@@H](NCc1ccc(-c2ccc(C(F)(F)F)cc2)s1)C(=O)O. The molecule has 1 aromatic heterocycles. The molecule has 1 aromatic carbocycles. The predicted octanol–water partition coefficient (Wildman–Crippen LogP) is 4.00. The van der Waals surface area contributed by atoms with Crippen LogP contribution in [0.4, 0.5) is 13.2 Å². The van der Waals surface area contributed by atoms with E-state index in [1.807, 2.05) is 12.1 Å². The molecule has 1 atom stereocenters. The van der Waals surface area contributed by atoms with Gasteiger partial charge in [0.2, 0.25) is 0 Å². The minimum absolute atomic E-state index is 0.402. The third-order valence-electron chi connectivity index (χ3n) is 3.11. The summed E-state index contributed by atoms with van der Waals surface area (Å²) in [5.74, 6) is -0.931. The molecule has 118 valence electrons. The number of halogens is 3. The molecule has 0 aliphatic rings. The molecule has 0 aliphatic carbocycles. The van der Waals surface area contributed by atoms with Crippen molar-refractivity contribution >= 4 is 17.3 Å². The molecule has 0 saturated heterocycles. The van der Waals surface area contributed by atoms with Gasteiger partial charge in [-0.05, 0) is 36.8 Å². The van der Waals surface area contributed by atoms with Crippen LogP contribution >= 0.6 is 11.3 Å². The van der Waals surface area contributed by atoms with Gasteiger partial charge in [0, 0.05) is 16.3 Å². The van der Waals surface area contributed by atoms with Gasteiger partial charge in [-0.1, -0.05) is 12.1 Å². The highest BCUT2D eigenvalue weighted by molar-refractivity contribution is 7.15. The Labute approximate surface area is 129 Å². The van der Waals surface area contributed by atoms with E-state index in [1.54, 1.807) is 6.92 Å². The number of aliphatic carboxylic acids is 1. The number of nitrogens with one attached hydrogen (secondary N) is 1. The second-order valence-corrected chi connectivity index (χ2v) is 5.95. The molecule has 2 N–H and O–H groups in total. The Hall–Kier alpha value is -1.86. The fourth-order valence-corrected chi connectivity index (χ4v) is 2.76. The molecule has 0 amide bonds. The summed E-state index contributed by atoms with van der Waals surface area (Å²) in [6, 6.07) is 7.97. The van der Waals surface area contributed by atoms with Crippen LogP contribution in [0.15, 0.2) is 36.4 Å². The maximum absolute atomic E-state index is 12.5. The van der Waals surface area contributed by atoms with E-state index in [9.17, 15) is 18.0 Å². The van der Waals surface area contributed by atoms with E-state index in [2.05, 4.69) is 5.32 Å². The zero-order valence-corrected chi connectivity index (χ0v) is 12.5. The van der Waals surface area contributed by atoms with Crippen LogP contribution in [0.5, 0.6) is 0 Å². The van der Waals surface area contributed by atoms with Crippen molar-refractivity contribution in [3.63, 3.8) is 0 Å². The Kier molecular flexibility index (Phi) is 4.87. The van der Waals surface area contributed by atoms with E-state index in [-0.39, 0.29) is 0 Å². The number of carboxylic acids is 1. The molecule has 2 aromatic rings. The molecule has 0 saturated carbocycles. The fourth-order valence-electron chi connectivity index (χ4n) is 1.79. The summed E-state index contributed by atoms with van der Waals surface area (Å²) in [5.41, 5.74) is 0.0283. The van der Waals surface area contributed by atoms with Gasteiger partial charge in [0.05, 0.1) is 5.56 Å². The van der Waals surface area contributed by atoms with Crippen molar-refractivity contribution in [3.8, 4) is 10.4 Å². The van der Waals surface area contributed by atoms with Crippen molar-refractivity contribution in [1.29, 1.82) is 0 Å². The average Bonchev–Trinajstić information content (AvgIpc) is 2.92. The summed E-state index contributed by atoms with van der Waals surface area (Å²) in [5, 5.41) is 11.6. The smallest absolute Gasteiger partial charge is 0.416 e. The fraction of sp³-hybridized carbons (Fsp3) is 0.267. The highest BCUT2D eigenvalue weighted by atomic mass is 32.1. The minimum atomic E-state index is -4.34. The third kappa shape index (κ3) is 4.08. The van der Waals surface area contributed by atoms with Crippen LogP contribution in [0.25, 0.3) is 10.4 Å². The summed E-state index contributed by atoms with van der Waals surface area (Å²) in [6.45, 7) is 1.95. The first-order chi connectivity index (χ1) is 10.3. The lowest BCUT2D eigenvalue weighted by atomic mass is 10.1. The van der Waals surface area contributed by atoms with Gasteiger partial charge in [-0.2, -0.15) is 13.2 Å². The molecule has 0 bridgehead atoms. The first-order valence-corrected chi connectivity index (χ1v) is 7.31. The Bertz CT molecular complexity index is 650. The molecular formula is C15H14F3NO2S. The van der Waals surface area contributed by atoms with Crippen LogP contribution in [0.1, 0.15) is 17.4 Å². The molecule has 0 radical (unpaired) electrons. The van der Waals surface area contributed by atoms with E-state index >= 15 is 0 Å². The molecule has 2 rings (SSSR count). The molecular weight excluding hydrogens is 315 g/mol. The molecule has 7 heteroatoms. The van der Waals surface area contributed by atoms with Gasteiger partial charge < -0.3 is 5.11 Å². The standard InChI is InChI=1S/C15H14F3NO2S/c1-9(14(20)21)19-8-12-6-7-13(22-12)10-2-4-11(5-3-10)15(16,17)18/h2-7,9,19H,8H2,1H3,(H,20,21)/t9-/m1/s1. The van der Waals surface area contributed by atoms with Gasteiger partial charge in [0.1, 0.15) is 6.04 Å². The average molecular weight is 329 g/mol. The number of carboxylic acid groups (broad SMARTS) is 1. The van der Waals surface area contributed by atoms with Crippen LogP contribution in [0.2, 0.25) is 0 Å². The number of benzene rings is 1. The number of alkyl halides is 3. The third-order valence-corrected chi connectivity index (χ3v) is 4.25. The molecule has 0 aliphatic heterocycles. The topological polar surface area (TPSA) is 49.3 Å². The Morgan fingerprint density at radius 1 is 1.23 bits per heavy atom. The van der Waals surface area contributed by atoms with Crippen LogP contribution < -0.4 is 5.32 Å². The van der Waals surface area contributed by atoms with Gasteiger partial charge in [-0.3, -0.25) is 10.1 Å². The first kappa shape index (κ1) is 16.5. The lowest BCUT2D eigenvalue weighted by Crippen LogP contribution is -2.32. The number of rotatable bonds is 5. The lowest BCUT2D eigenvalue weighted by Gasteiger charge is -2.07. The zero-order valence-electron chi connectivity index (χ0n) is 11.6. The Morgan fingerprint density at radius 2 is 1.86 bits per heavy atom. The maximum atomic E-state index is 12.5. The van der Waals surface area contributed by atoms with Gasteiger partial charge >= 0.3 is 12.1 Å². The Morgan fingerprint density at radius 3 is 2.41 bits per heavy atom. The monoisotopic (exact) mass is 329 g/mol. The van der Waals surface area contributed by atoms with E-state index in [4.69, 9.17) is 5.11 Å². The van der Waals surface area contributed by atoms with Crippen LogP contribution in [0, 0.1) is 0 Å². The van der Waals surface area contributed by atoms with Crippen molar-refractivity contribution < 1.29 is 23.1 Å². The van der Waals surface area contributed by atoms with Gasteiger partial charge in [-0.15, -0.1) is 11.3 Å². The number of hydrogen-bond donors (Lipinski definition) is 2. The molecule has 3 nitrogen and oxygen atoms in total. The Balaban J connectivity index is 2.06. The largest absolute Gasteiger partial charge is 0.480 e. The lowest BCUT2D eigenvalue weighted by molar-refractivity contribution is -0.139. The molecule has 0 fully saturated rings. The van der Waals surface area contributed by atoms with Crippen molar-refractivity contribution in [2.45, 2.75) is 25.7 Å². The normalized spacial score (nSPS) is 13.1. The minimum Gasteiger partial charge on any atom is -0.480 e. The summed E-state index contributed by atoms with van der Waals surface area (Å²) in [4.78, 5) is 12.5. The van der Waals surface area contributed by atoms with Gasteiger partial charge in [-0.25, -0.2) is 0 Å². The summed E-state index contributed by atoms with van der Waals surface area (Å²) in [6.07, 6.45) is -4.34. The zero-order chi connectivity index (χ0) is 16.3. The van der Waals surface area contributed by atoms with Crippen LogP contribution in [0.3, 0.4) is 0 Å². The number of hydrogen-bond acceptors (Lipinski definition) is 3. The van der Waals surface area contributed by atoms with Gasteiger partial charge in [0.25, 0.3) is 0 Å². The summed E-state index contributed by atoms with van der Waals surface area (Å²) in [7, 11) is 0. The highest BCUT2D eigenvalue weighted by Crippen LogP contribution is 2.33. The highest BCUT2D eigenvalue weighted by Gasteiger charge is 2.30. The molecule has 1 heterocycles. The van der Waals surface area contributed by atoms with Crippen LogP contribution in [-0.4, -0.2) is 17.1 Å². The second-order valence-electron chi connectivity index (χ2n) is 4.78. The van der Waals surface area contributed by atoms with Crippen LogP contribution in [-0.2, 0) is 17.5 Å². The summed E-state index contributed by atoms with van der Waals surface area (Å²) >= 11 is 1.42. The second kappa shape index (κ2) is 6.50. The molecule has 22 heavy (non-hydrogen) atoms. The van der Waals surface area contributed by atoms with E-state index in [1.165, 1.54) is 23.5 Å². The van der Waals surface area contributed by atoms with E-state index < -0.39 is 23.8 Å². The molecule has 0 unspecified atom stereocenters. The predicted molar refractivity (Wildman–Crippen MR) is 78.7 cm³/mol. The summed E-state index contributed by atoms with van der Waals surface area (Å²) < 4.78 is 37.5. The first-order valence-electron chi connectivity index (χ1n) is 6.50. The van der Waals surface area contributed by atoms with E-state index in [0.29, 0.717) is 12.1 Å². The van der Waals surface area contributed by atoms with Crippen molar-refractivity contribution in [2.24, 2.45) is 0 Å². The van der Waals surface area contributed by atoms with Crippen molar-refractivity contribution in [2.75, 3.05) is 0 Å². The number of carbonyl (C=O) groups is 1. The van der Waals surface area contributed by atoms with E-state index in [0.717, 1.165) is 21.9 Å².